The van der Waals surface area contributed by atoms with Crippen LogP contribution in [0.25, 0.3) is 0 Å². The van der Waals surface area contributed by atoms with E-state index in [1.54, 1.807) is 18.2 Å². The Balaban J connectivity index is 1.77. The first-order valence-electron chi connectivity index (χ1n) is 12.1. The number of nitrogens with one attached hydrogen (secondary N) is 1. The molecule has 0 spiro atoms. The maximum atomic E-state index is 13.5. The summed E-state index contributed by atoms with van der Waals surface area (Å²) in [4.78, 5) is 54.8. The van der Waals surface area contributed by atoms with Crippen molar-refractivity contribution in [2.45, 2.75) is 59.0 Å². The first-order chi connectivity index (χ1) is 16.6. The van der Waals surface area contributed by atoms with Crippen molar-refractivity contribution in [1.82, 2.24) is 15.1 Å². The average Bonchev–Trinajstić information content (AvgIpc) is 3.07. The lowest BCUT2D eigenvalue weighted by atomic mass is 9.85. The minimum atomic E-state index is -0.701. The van der Waals surface area contributed by atoms with E-state index in [0.717, 1.165) is 5.56 Å². The average molecular weight is 522 g/mol. The van der Waals surface area contributed by atoms with E-state index in [4.69, 9.17) is 23.2 Å². The third-order valence-electron chi connectivity index (χ3n) is 6.56. The summed E-state index contributed by atoms with van der Waals surface area (Å²) in [5.74, 6) is -1.37. The second-order valence-corrected chi connectivity index (χ2v) is 10.4. The molecule has 190 valence electrons. The number of nitrogens with zero attached hydrogens (tertiary/aromatic N) is 2. The molecule has 1 aliphatic carbocycles. The standard InChI is InChI=1S/C26H33Cl2N3O4/c1-4-22(24(33)29-14-16(2)3)31(15-17-9-10-20(27)21(28)13-17)23(32)11-12-30-25(34)18-7-5-6-8-19(18)26(30)35/h5-6,9-10,13,16,18-19,22H,4,7-8,11-12,14-15H2,1-3H3,(H,29,33)/t18-,19+,22?. The van der Waals surface area contributed by atoms with E-state index < -0.39 is 6.04 Å². The predicted octanol–water partition coefficient (Wildman–Crippen LogP) is 4.21. The minimum absolute atomic E-state index is 0.00538. The number of carbonyl (C=O) groups is 4. The van der Waals surface area contributed by atoms with E-state index in [0.29, 0.717) is 35.9 Å². The molecule has 1 aliphatic heterocycles. The van der Waals surface area contributed by atoms with Crippen molar-refractivity contribution in [3.8, 4) is 0 Å². The summed E-state index contributed by atoms with van der Waals surface area (Å²) < 4.78 is 0. The van der Waals surface area contributed by atoms with E-state index in [1.807, 2.05) is 32.9 Å². The zero-order valence-electron chi connectivity index (χ0n) is 20.4. The highest BCUT2D eigenvalue weighted by atomic mass is 35.5. The first kappa shape index (κ1) is 27.2. The molecule has 35 heavy (non-hydrogen) atoms. The van der Waals surface area contributed by atoms with Gasteiger partial charge in [-0.2, -0.15) is 0 Å². The normalized spacial score (nSPS) is 20.2. The topological polar surface area (TPSA) is 86.8 Å². The Morgan fingerprint density at radius 2 is 1.71 bits per heavy atom. The molecule has 1 heterocycles. The van der Waals surface area contributed by atoms with E-state index >= 15 is 0 Å². The van der Waals surface area contributed by atoms with Gasteiger partial charge in [0.25, 0.3) is 0 Å². The SMILES string of the molecule is CCC(C(=O)NCC(C)C)N(Cc1ccc(Cl)c(Cl)c1)C(=O)CCN1C(=O)[C@H]2CC=CC[C@H]2C1=O. The molecule has 0 aromatic heterocycles. The quantitative estimate of drug-likeness (QED) is 0.369. The van der Waals surface area contributed by atoms with E-state index in [-0.39, 0.29) is 60.9 Å². The van der Waals surface area contributed by atoms with E-state index in [1.165, 1.54) is 9.80 Å². The lowest BCUT2D eigenvalue weighted by molar-refractivity contribution is -0.144. The molecule has 0 saturated carbocycles. The summed E-state index contributed by atoms with van der Waals surface area (Å²) in [6.45, 7) is 6.50. The molecule has 0 bridgehead atoms. The van der Waals surface area contributed by atoms with E-state index in [9.17, 15) is 19.2 Å². The van der Waals surface area contributed by atoms with Crippen LogP contribution < -0.4 is 5.32 Å². The predicted molar refractivity (Wildman–Crippen MR) is 136 cm³/mol. The maximum Gasteiger partial charge on any atom is 0.242 e. The molecular formula is C26H33Cl2N3O4. The number of rotatable bonds is 10. The van der Waals surface area contributed by atoms with Crippen molar-refractivity contribution in [1.29, 1.82) is 0 Å². The lowest BCUT2D eigenvalue weighted by Gasteiger charge is -2.31. The van der Waals surface area contributed by atoms with Crippen LogP contribution in [0.2, 0.25) is 10.0 Å². The van der Waals surface area contributed by atoms with Crippen molar-refractivity contribution in [2.75, 3.05) is 13.1 Å². The van der Waals surface area contributed by atoms with Gasteiger partial charge in [-0.25, -0.2) is 0 Å². The van der Waals surface area contributed by atoms with Gasteiger partial charge in [0, 0.05) is 26.1 Å². The number of benzene rings is 1. The first-order valence-corrected chi connectivity index (χ1v) is 12.9. The summed E-state index contributed by atoms with van der Waals surface area (Å²) in [6, 6.07) is 4.39. The second kappa shape index (κ2) is 12.0. The Kier molecular flexibility index (Phi) is 9.36. The summed E-state index contributed by atoms with van der Waals surface area (Å²) in [5.41, 5.74) is 0.730. The molecule has 1 aromatic rings. The summed E-state index contributed by atoms with van der Waals surface area (Å²) >= 11 is 12.2. The second-order valence-electron chi connectivity index (χ2n) is 9.57. The fourth-order valence-corrected chi connectivity index (χ4v) is 4.94. The number of allylic oxidation sites excluding steroid dienone is 2. The number of hydrogen-bond donors (Lipinski definition) is 1. The van der Waals surface area contributed by atoms with Crippen LogP contribution in [0.5, 0.6) is 0 Å². The van der Waals surface area contributed by atoms with Gasteiger partial charge in [-0.05, 0) is 42.9 Å². The molecule has 1 fully saturated rings. The Morgan fingerprint density at radius 1 is 1.09 bits per heavy atom. The Morgan fingerprint density at radius 3 is 2.26 bits per heavy atom. The molecule has 9 heteroatoms. The summed E-state index contributed by atoms with van der Waals surface area (Å²) in [6.07, 6.45) is 5.32. The van der Waals surface area contributed by atoms with Crippen molar-refractivity contribution in [3.63, 3.8) is 0 Å². The van der Waals surface area contributed by atoms with Crippen molar-refractivity contribution in [3.05, 3.63) is 46.0 Å². The fourth-order valence-electron chi connectivity index (χ4n) is 4.62. The number of amides is 4. The Hall–Kier alpha value is -2.38. The van der Waals surface area contributed by atoms with Gasteiger partial charge in [-0.15, -0.1) is 0 Å². The molecule has 7 nitrogen and oxygen atoms in total. The van der Waals surface area contributed by atoms with Gasteiger partial charge in [-0.3, -0.25) is 24.1 Å². The van der Waals surface area contributed by atoms with Gasteiger partial charge in [0.15, 0.2) is 0 Å². The minimum Gasteiger partial charge on any atom is -0.354 e. The third kappa shape index (κ3) is 6.44. The van der Waals surface area contributed by atoms with Gasteiger partial charge in [0.1, 0.15) is 6.04 Å². The molecule has 1 N–H and O–H groups in total. The van der Waals surface area contributed by atoms with Crippen LogP contribution in [0.15, 0.2) is 30.4 Å². The van der Waals surface area contributed by atoms with Gasteiger partial charge >= 0.3 is 0 Å². The summed E-state index contributed by atoms with van der Waals surface area (Å²) in [7, 11) is 0. The zero-order chi connectivity index (χ0) is 25.7. The van der Waals surface area contributed by atoms with Crippen molar-refractivity contribution in [2.24, 2.45) is 17.8 Å². The molecule has 1 unspecified atom stereocenters. The molecule has 4 amide bonds. The molecule has 0 radical (unpaired) electrons. The highest BCUT2D eigenvalue weighted by Crippen LogP contribution is 2.35. The number of hydrogen-bond acceptors (Lipinski definition) is 4. The zero-order valence-corrected chi connectivity index (χ0v) is 21.9. The largest absolute Gasteiger partial charge is 0.354 e. The van der Waals surface area contributed by atoms with Gasteiger partial charge < -0.3 is 10.2 Å². The highest BCUT2D eigenvalue weighted by molar-refractivity contribution is 6.42. The van der Waals surface area contributed by atoms with Crippen LogP contribution >= 0.6 is 23.2 Å². The highest BCUT2D eigenvalue weighted by Gasteiger charge is 2.47. The van der Waals surface area contributed by atoms with Crippen LogP contribution in [-0.2, 0) is 25.7 Å². The van der Waals surface area contributed by atoms with Crippen LogP contribution in [0.4, 0.5) is 0 Å². The lowest BCUT2D eigenvalue weighted by Crippen LogP contribution is -2.50. The molecule has 1 aromatic carbocycles. The van der Waals surface area contributed by atoms with Crippen LogP contribution in [-0.4, -0.2) is 52.6 Å². The molecule has 1 saturated heterocycles. The Labute approximate surface area is 216 Å². The molecule has 3 atom stereocenters. The monoisotopic (exact) mass is 521 g/mol. The van der Waals surface area contributed by atoms with E-state index in [2.05, 4.69) is 5.32 Å². The molecule has 3 rings (SSSR count). The maximum absolute atomic E-state index is 13.5. The fraction of sp³-hybridized carbons (Fsp3) is 0.538. The van der Waals surface area contributed by atoms with Crippen LogP contribution in [0.3, 0.4) is 0 Å². The number of halogens is 2. The number of fused-ring (bicyclic) bond motifs is 1. The number of likely N-dealkylation sites (tertiary alicyclic amines) is 1. The van der Waals surface area contributed by atoms with Crippen molar-refractivity contribution < 1.29 is 19.2 Å². The molecule has 2 aliphatic rings. The Bertz CT molecular complexity index is 984. The molecular weight excluding hydrogens is 489 g/mol. The smallest absolute Gasteiger partial charge is 0.242 e. The third-order valence-corrected chi connectivity index (χ3v) is 7.29. The van der Waals surface area contributed by atoms with Crippen LogP contribution in [0, 0.1) is 17.8 Å². The van der Waals surface area contributed by atoms with Gasteiger partial charge in [0.2, 0.25) is 23.6 Å². The van der Waals surface area contributed by atoms with Gasteiger partial charge in [0.05, 0.1) is 21.9 Å². The number of carbonyl (C=O) groups excluding carboxylic acids is 4. The summed E-state index contributed by atoms with van der Waals surface area (Å²) in [5, 5.41) is 3.67. The van der Waals surface area contributed by atoms with Gasteiger partial charge in [-0.1, -0.05) is 62.2 Å². The number of imide groups is 1. The van der Waals surface area contributed by atoms with Crippen LogP contribution in [0.1, 0.15) is 52.0 Å². The van der Waals surface area contributed by atoms with Crippen molar-refractivity contribution >= 4 is 46.8 Å².